The topological polar surface area (TPSA) is 55.6 Å². The zero-order valence-corrected chi connectivity index (χ0v) is 12.6. The lowest BCUT2D eigenvalue weighted by Gasteiger charge is -2.16. The van der Waals surface area contributed by atoms with Gasteiger partial charge in [-0.05, 0) is 36.6 Å². The molecule has 4 nitrogen and oxygen atoms in total. The van der Waals surface area contributed by atoms with Gasteiger partial charge in [-0.2, -0.15) is 0 Å². The molecule has 8 heteroatoms. The monoisotopic (exact) mass is 338 g/mol. The van der Waals surface area contributed by atoms with Crippen LogP contribution in [-0.2, 0) is 11.2 Å². The van der Waals surface area contributed by atoms with Crippen molar-refractivity contribution in [2.45, 2.75) is 19.2 Å². The van der Waals surface area contributed by atoms with E-state index >= 15 is 0 Å². The molecule has 1 unspecified atom stereocenters. The Morgan fingerprint density at radius 2 is 1.95 bits per heavy atom. The number of rotatable bonds is 4. The first-order valence-corrected chi connectivity index (χ1v) is 6.70. The average molecular weight is 339 g/mol. The average Bonchev–Trinajstić information content (AvgIpc) is 2.88. The molecule has 2 N–H and O–H groups in total. The Morgan fingerprint density at radius 1 is 1.32 bits per heavy atom. The first-order chi connectivity index (χ1) is 9.87. The van der Waals surface area contributed by atoms with E-state index in [0.29, 0.717) is 31.1 Å². The van der Waals surface area contributed by atoms with Crippen LogP contribution in [0.5, 0.6) is 5.75 Å². The minimum atomic E-state index is -4.70. The third-order valence-corrected chi connectivity index (χ3v) is 3.48. The van der Waals surface area contributed by atoms with Gasteiger partial charge in [-0.3, -0.25) is 4.79 Å². The van der Waals surface area contributed by atoms with E-state index in [9.17, 15) is 18.0 Å². The van der Waals surface area contributed by atoms with Gasteiger partial charge in [0.2, 0.25) is 5.91 Å². The zero-order valence-electron chi connectivity index (χ0n) is 11.8. The summed E-state index contributed by atoms with van der Waals surface area (Å²) < 4.78 is 39.9. The summed E-state index contributed by atoms with van der Waals surface area (Å²) >= 11 is 0. The van der Waals surface area contributed by atoms with Crippen LogP contribution in [0.3, 0.4) is 0 Å². The maximum atomic E-state index is 12.1. The highest BCUT2D eigenvalue weighted by atomic mass is 35.5. The fourth-order valence-electron chi connectivity index (χ4n) is 2.35. The summed E-state index contributed by atoms with van der Waals surface area (Å²) in [7, 11) is 0. The Labute approximate surface area is 132 Å². The number of carbonyl (C=O) groups is 1. The van der Waals surface area contributed by atoms with Crippen LogP contribution in [0.2, 0.25) is 0 Å². The van der Waals surface area contributed by atoms with Crippen LogP contribution in [0, 0.1) is 5.92 Å². The number of ether oxygens (including phenoxy) is 1. The van der Waals surface area contributed by atoms with E-state index in [4.69, 9.17) is 5.73 Å². The van der Waals surface area contributed by atoms with Gasteiger partial charge < -0.3 is 15.4 Å². The van der Waals surface area contributed by atoms with E-state index in [1.807, 2.05) is 0 Å². The first-order valence-electron chi connectivity index (χ1n) is 6.70. The van der Waals surface area contributed by atoms with Crippen molar-refractivity contribution in [1.29, 1.82) is 0 Å². The number of hydrogen-bond acceptors (Lipinski definition) is 3. The SMILES string of the molecule is Cl.NCC1CCN(C(=O)Cc2ccc(OC(F)(F)F)cc2)C1. The van der Waals surface area contributed by atoms with Crippen molar-refractivity contribution < 1.29 is 22.7 Å². The van der Waals surface area contributed by atoms with Gasteiger partial charge in [-0.25, -0.2) is 0 Å². The predicted molar refractivity (Wildman–Crippen MR) is 77.8 cm³/mol. The van der Waals surface area contributed by atoms with Crippen molar-refractivity contribution in [2.24, 2.45) is 11.7 Å². The molecule has 22 heavy (non-hydrogen) atoms. The van der Waals surface area contributed by atoms with Gasteiger partial charge in [0.1, 0.15) is 5.75 Å². The molecule has 1 saturated heterocycles. The molecule has 1 aliphatic heterocycles. The van der Waals surface area contributed by atoms with Crippen molar-refractivity contribution in [3.8, 4) is 5.75 Å². The third kappa shape index (κ3) is 5.38. The van der Waals surface area contributed by atoms with Crippen molar-refractivity contribution in [3.05, 3.63) is 29.8 Å². The smallest absolute Gasteiger partial charge is 0.406 e. The molecule has 1 aliphatic rings. The highest BCUT2D eigenvalue weighted by Gasteiger charge is 2.31. The molecule has 0 bridgehead atoms. The number of carbonyl (C=O) groups excluding carboxylic acids is 1. The van der Waals surface area contributed by atoms with Crippen molar-refractivity contribution in [3.63, 3.8) is 0 Å². The van der Waals surface area contributed by atoms with Crippen LogP contribution in [0.25, 0.3) is 0 Å². The van der Waals surface area contributed by atoms with Crippen LogP contribution in [0.1, 0.15) is 12.0 Å². The molecular weight excluding hydrogens is 321 g/mol. The molecule has 1 aromatic rings. The molecule has 0 aromatic heterocycles. The van der Waals surface area contributed by atoms with E-state index in [-0.39, 0.29) is 30.5 Å². The van der Waals surface area contributed by atoms with Gasteiger partial charge in [0.15, 0.2) is 0 Å². The second kappa shape index (κ2) is 7.69. The van der Waals surface area contributed by atoms with Gasteiger partial charge >= 0.3 is 6.36 Å². The quantitative estimate of drug-likeness (QED) is 0.917. The highest BCUT2D eigenvalue weighted by molar-refractivity contribution is 5.85. The van der Waals surface area contributed by atoms with E-state index in [1.54, 1.807) is 4.90 Å². The van der Waals surface area contributed by atoms with Crippen LogP contribution in [0.15, 0.2) is 24.3 Å². The van der Waals surface area contributed by atoms with Crippen molar-refractivity contribution in [2.75, 3.05) is 19.6 Å². The lowest BCUT2D eigenvalue weighted by atomic mass is 10.1. The predicted octanol–water partition coefficient (Wildman–Crippen LogP) is 2.36. The number of alkyl halides is 3. The second-order valence-electron chi connectivity index (χ2n) is 5.10. The van der Waals surface area contributed by atoms with Gasteiger partial charge in [-0.1, -0.05) is 12.1 Å². The zero-order chi connectivity index (χ0) is 15.5. The molecule has 1 atom stereocenters. The molecule has 1 aromatic carbocycles. The standard InChI is InChI=1S/C14H17F3N2O2.ClH/c15-14(16,17)21-12-3-1-10(2-4-12)7-13(20)19-6-5-11(8-18)9-19;/h1-4,11H,5-9,18H2;1H. The molecule has 0 spiro atoms. The van der Waals surface area contributed by atoms with Gasteiger partial charge in [0.05, 0.1) is 6.42 Å². The molecule has 1 fully saturated rings. The van der Waals surface area contributed by atoms with Gasteiger partial charge in [0, 0.05) is 13.1 Å². The fourth-order valence-corrected chi connectivity index (χ4v) is 2.35. The molecule has 2 rings (SSSR count). The fraction of sp³-hybridized carbons (Fsp3) is 0.500. The normalized spacial score (nSPS) is 18.0. The molecular formula is C14H18ClF3N2O2. The number of halogens is 4. The Morgan fingerprint density at radius 3 is 2.45 bits per heavy atom. The number of amides is 1. The van der Waals surface area contributed by atoms with E-state index in [2.05, 4.69) is 4.74 Å². The summed E-state index contributed by atoms with van der Waals surface area (Å²) in [6, 6.07) is 5.36. The number of benzene rings is 1. The molecule has 0 saturated carbocycles. The molecule has 1 amide bonds. The summed E-state index contributed by atoms with van der Waals surface area (Å²) in [6.07, 6.45) is -3.63. The number of hydrogen-bond donors (Lipinski definition) is 1. The maximum Gasteiger partial charge on any atom is 0.573 e. The number of likely N-dealkylation sites (tertiary alicyclic amines) is 1. The minimum Gasteiger partial charge on any atom is -0.406 e. The summed E-state index contributed by atoms with van der Waals surface area (Å²) in [5, 5.41) is 0. The number of nitrogens with zero attached hydrogens (tertiary/aromatic N) is 1. The summed E-state index contributed by atoms with van der Waals surface area (Å²) in [5.41, 5.74) is 6.23. The van der Waals surface area contributed by atoms with Gasteiger partial charge in [0.25, 0.3) is 0 Å². The number of nitrogens with two attached hydrogens (primary N) is 1. The summed E-state index contributed by atoms with van der Waals surface area (Å²) in [5.74, 6) is 0.0232. The highest BCUT2D eigenvalue weighted by Crippen LogP contribution is 2.23. The lowest BCUT2D eigenvalue weighted by molar-refractivity contribution is -0.274. The van der Waals surface area contributed by atoms with Gasteiger partial charge in [-0.15, -0.1) is 25.6 Å². The van der Waals surface area contributed by atoms with Crippen LogP contribution in [-0.4, -0.2) is 36.8 Å². The van der Waals surface area contributed by atoms with E-state index in [1.165, 1.54) is 24.3 Å². The summed E-state index contributed by atoms with van der Waals surface area (Å²) in [4.78, 5) is 13.8. The summed E-state index contributed by atoms with van der Waals surface area (Å²) in [6.45, 7) is 1.91. The van der Waals surface area contributed by atoms with E-state index in [0.717, 1.165) is 6.42 Å². The van der Waals surface area contributed by atoms with Crippen LogP contribution >= 0.6 is 12.4 Å². The molecule has 124 valence electrons. The molecule has 0 aliphatic carbocycles. The van der Waals surface area contributed by atoms with E-state index < -0.39 is 6.36 Å². The largest absolute Gasteiger partial charge is 0.573 e. The Balaban J connectivity index is 0.00000242. The molecule has 0 radical (unpaired) electrons. The Bertz CT molecular complexity index is 494. The lowest BCUT2D eigenvalue weighted by Crippen LogP contribution is -2.31. The Kier molecular flexibility index (Phi) is 6.49. The van der Waals surface area contributed by atoms with Crippen molar-refractivity contribution >= 4 is 18.3 Å². The molecule has 1 heterocycles. The van der Waals surface area contributed by atoms with Crippen molar-refractivity contribution in [1.82, 2.24) is 4.90 Å². The minimum absolute atomic E-state index is 0. The van der Waals surface area contributed by atoms with Crippen LogP contribution < -0.4 is 10.5 Å². The maximum absolute atomic E-state index is 12.1. The Hall–Kier alpha value is -1.47. The first kappa shape index (κ1) is 18.6. The van der Waals surface area contributed by atoms with Crippen LogP contribution in [0.4, 0.5) is 13.2 Å². The third-order valence-electron chi connectivity index (χ3n) is 3.48. The second-order valence-corrected chi connectivity index (χ2v) is 5.10.